The molecule has 1 aliphatic heterocycles. The summed E-state index contributed by atoms with van der Waals surface area (Å²) in [6.07, 6.45) is 2.15. The molecule has 39 heavy (non-hydrogen) atoms. The molecule has 3 aromatic rings. The van der Waals surface area contributed by atoms with Gasteiger partial charge in [-0.25, -0.2) is 14.5 Å². The summed E-state index contributed by atoms with van der Waals surface area (Å²) in [7, 11) is 1.46. The second-order valence-electron chi connectivity index (χ2n) is 8.61. The molecular formula is C29H27N3O7. The molecule has 0 aromatic heterocycles. The van der Waals surface area contributed by atoms with Crippen molar-refractivity contribution in [3.63, 3.8) is 0 Å². The second kappa shape index (κ2) is 12.0. The molecule has 0 aliphatic carbocycles. The van der Waals surface area contributed by atoms with Gasteiger partial charge >= 0.3 is 12.0 Å². The van der Waals surface area contributed by atoms with Crippen molar-refractivity contribution in [2.45, 2.75) is 20.0 Å². The summed E-state index contributed by atoms with van der Waals surface area (Å²) < 4.78 is 11.4. The molecule has 0 atom stereocenters. The Bertz CT molecular complexity index is 1460. The largest absolute Gasteiger partial charge is 0.493 e. The van der Waals surface area contributed by atoms with Crippen LogP contribution in [0, 0.1) is 0 Å². The van der Waals surface area contributed by atoms with E-state index >= 15 is 0 Å². The van der Waals surface area contributed by atoms with Crippen LogP contribution in [0.1, 0.15) is 34.0 Å². The van der Waals surface area contributed by atoms with E-state index in [1.807, 2.05) is 19.1 Å². The lowest BCUT2D eigenvalue weighted by Crippen LogP contribution is -2.38. The lowest BCUT2D eigenvalue weighted by atomic mass is 10.1. The summed E-state index contributed by atoms with van der Waals surface area (Å²) >= 11 is 0. The van der Waals surface area contributed by atoms with Crippen LogP contribution in [-0.4, -0.2) is 47.5 Å². The molecule has 10 nitrogen and oxygen atoms in total. The first-order valence-corrected chi connectivity index (χ1v) is 12.1. The molecule has 1 fully saturated rings. The van der Waals surface area contributed by atoms with E-state index in [1.165, 1.54) is 25.3 Å². The van der Waals surface area contributed by atoms with Crippen LogP contribution < -0.4 is 20.1 Å². The first kappa shape index (κ1) is 26.9. The number of nitrogens with one attached hydrogen (secondary N) is 2. The number of benzene rings is 3. The van der Waals surface area contributed by atoms with Crippen molar-refractivity contribution in [1.82, 2.24) is 10.2 Å². The molecule has 4 amide bonds. The van der Waals surface area contributed by atoms with Crippen molar-refractivity contribution in [2.75, 3.05) is 19.0 Å². The van der Waals surface area contributed by atoms with E-state index in [4.69, 9.17) is 9.47 Å². The van der Waals surface area contributed by atoms with Crippen molar-refractivity contribution in [2.24, 2.45) is 0 Å². The van der Waals surface area contributed by atoms with Crippen molar-refractivity contribution in [3.05, 3.63) is 94.7 Å². The summed E-state index contributed by atoms with van der Waals surface area (Å²) in [5.74, 6) is -1.55. The normalized spacial score (nSPS) is 13.8. The van der Waals surface area contributed by atoms with Crippen LogP contribution in [-0.2, 0) is 22.6 Å². The topological polar surface area (TPSA) is 134 Å². The van der Waals surface area contributed by atoms with Crippen LogP contribution in [0.2, 0.25) is 0 Å². The molecule has 1 saturated heterocycles. The molecule has 0 saturated carbocycles. The fourth-order valence-electron chi connectivity index (χ4n) is 4.07. The fraction of sp³-hybridized carbons (Fsp3) is 0.172. The number of imide groups is 1. The molecule has 4 rings (SSSR count). The smallest absolute Gasteiger partial charge is 0.335 e. The maximum Gasteiger partial charge on any atom is 0.335 e. The standard InChI is InChI=1S/C29H27N3O7/c1-3-19-9-4-5-12-22(19)30-25(33)16-32-27(34)23(31-29(32)37)15-20-10-7-13-24(38-2)26(20)39-17-18-8-6-11-21(14-18)28(35)36/h4-15H,3,16-17H2,1-2H3,(H,30,33)(H,31,37)(H,35,36)/b23-15+. The number of carbonyl (C=O) groups excluding carboxylic acids is 3. The van der Waals surface area contributed by atoms with E-state index in [0.717, 1.165) is 10.5 Å². The van der Waals surface area contributed by atoms with Crippen molar-refractivity contribution < 1.29 is 33.8 Å². The lowest BCUT2D eigenvalue weighted by molar-refractivity contribution is -0.127. The molecule has 0 unspecified atom stereocenters. The Morgan fingerprint density at radius 3 is 2.56 bits per heavy atom. The summed E-state index contributed by atoms with van der Waals surface area (Å²) in [5, 5.41) is 14.5. The highest BCUT2D eigenvalue weighted by atomic mass is 16.5. The second-order valence-corrected chi connectivity index (χ2v) is 8.61. The molecule has 1 heterocycles. The third-order valence-corrected chi connectivity index (χ3v) is 6.02. The Kier molecular flexibility index (Phi) is 8.25. The van der Waals surface area contributed by atoms with Crippen molar-refractivity contribution in [1.29, 1.82) is 0 Å². The number of para-hydroxylation sites is 2. The zero-order chi connectivity index (χ0) is 27.9. The van der Waals surface area contributed by atoms with Crippen LogP contribution in [0.5, 0.6) is 11.5 Å². The number of carbonyl (C=O) groups is 4. The van der Waals surface area contributed by atoms with E-state index in [0.29, 0.717) is 34.7 Å². The number of hydrogen-bond acceptors (Lipinski definition) is 6. The van der Waals surface area contributed by atoms with Gasteiger partial charge in [0.1, 0.15) is 18.8 Å². The first-order chi connectivity index (χ1) is 18.8. The van der Waals surface area contributed by atoms with Crippen LogP contribution in [0.4, 0.5) is 10.5 Å². The summed E-state index contributed by atoms with van der Waals surface area (Å²) in [6, 6.07) is 17.9. The van der Waals surface area contributed by atoms with Gasteiger partial charge in [0.05, 0.1) is 12.7 Å². The van der Waals surface area contributed by atoms with Gasteiger partial charge in [0, 0.05) is 11.3 Å². The number of carboxylic acid groups (broad SMARTS) is 1. The molecule has 3 N–H and O–H groups in total. The maximum atomic E-state index is 13.0. The molecule has 200 valence electrons. The number of aryl methyl sites for hydroxylation is 1. The molecular weight excluding hydrogens is 502 g/mol. The number of methoxy groups -OCH3 is 1. The van der Waals surface area contributed by atoms with E-state index in [9.17, 15) is 24.3 Å². The van der Waals surface area contributed by atoms with Gasteiger partial charge in [-0.2, -0.15) is 0 Å². The quantitative estimate of drug-likeness (QED) is 0.266. The Labute approximate surface area is 224 Å². The first-order valence-electron chi connectivity index (χ1n) is 12.1. The number of rotatable bonds is 10. The third kappa shape index (κ3) is 6.24. The Hall–Kier alpha value is -5.12. The van der Waals surface area contributed by atoms with E-state index < -0.39 is 30.4 Å². The molecule has 3 aromatic carbocycles. The predicted octanol–water partition coefficient (Wildman–Crippen LogP) is 4.07. The Morgan fingerprint density at radius 2 is 1.82 bits per heavy atom. The fourth-order valence-corrected chi connectivity index (χ4v) is 4.07. The Morgan fingerprint density at radius 1 is 1.05 bits per heavy atom. The highest BCUT2D eigenvalue weighted by molar-refractivity contribution is 6.16. The monoisotopic (exact) mass is 529 g/mol. The number of carboxylic acids is 1. The van der Waals surface area contributed by atoms with Gasteiger partial charge in [-0.3, -0.25) is 9.59 Å². The molecule has 1 aliphatic rings. The highest BCUT2D eigenvalue weighted by Crippen LogP contribution is 2.34. The molecule has 0 radical (unpaired) electrons. The average Bonchev–Trinajstić information content (AvgIpc) is 3.19. The zero-order valence-corrected chi connectivity index (χ0v) is 21.4. The number of aromatic carboxylic acids is 1. The van der Waals surface area contributed by atoms with Gasteiger partial charge in [-0.05, 0) is 47.9 Å². The number of urea groups is 1. The van der Waals surface area contributed by atoms with E-state index in [2.05, 4.69) is 10.6 Å². The SMILES string of the molecule is CCc1ccccc1NC(=O)CN1C(=O)N/C(=C/c2cccc(OC)c2OCc2cccc(C(=O)O)c2)C1=O. The average molecular weight is 530 g/mol. The van der Waals surface area contributed by atoms with Crippen molar-refractivity contribution in [3.8, 4) is 11.5 Å². The summed E-state index contributed by atoms with van der Waals surface area (Å²) in [5.41, 5.74) is 2.71. The minimum absolute atomic E-state index is 0.0313. The van der Waals surface area contributed by atoms with Gasteiger partial charge in [0.2, 0.25) is 5.91 Å². The summed E-state index contributed by atoms with van der Waals surface area (Å²) in [6.45, 7) is 1.54. The van der Waals surface area contributed by atoms with Gasteiger partial charge in [-0.1, -0.05) is 49.4 Å². The summed E-state index contributed by atoms with van der Waals surface area (Å²) in [4.78, 5) is 50.4. The molecule has 0 spiro atoms. The lowest BCUT2D eigenvalue weighted by Gasteiger charge is -2.14. The minimum Gasteiger partial charge on any atom is -0.493 e. The van der Waals surface area contributed by atoms with Crippen LogP contribution in [0.15, 0.2) is 72.4 Å². The van der Waals surface area contributed by atoms with E-state index in [1.54, 1.807) is 42.5 Å². The van der Waals surface area contributed by atoms with Crippen LogP contribution >= 0.6 is 0 Å². The maximum absolute atomic E-state index is 13.0. The molecule has 0 bridgehead atoms. The number of hydrogen-bond donors (Lipinski definition) is 3. The number of ether oxygens (including phenoxy) is 2. The van der Waals surface area contributed by atoms with Crippen molar-refractivity contribution >= 4 is 35.6 Å². The van der Waals surface area contributed by atoms with E-state index in [-0.39, 0.29) is 17.9 Å². The zero-order valence-electron chi connectivity index (χ0n) is 21.4. The van der Waals surface area contributed by atoms with Gasteiger partial charge in [0.15, 0.2) is 11.5 Å². The van der Waals surface area contributed by atoms with Gasteiger partial charge in [-0.15, -0.1) is 0 Å². The minimum atomic E-state index is -1.05. The van der Waals surface area contributed by atoms with Crippen LogP contribution in [0.3, 0.4) is 0 Å². The number of nitrogens with zero attached hydrogens (tertiary/aromatic N) is 1. The molecule has 10 heteroatoms. The highest BCUT2D eigenvalue weighted by Gasteiger charge is 2.35. The predicted molar refractivity (Wildman–Crippen MR) is 143 cm³/mol. The van der Waals surface area contributed by atoms with Crippen LogP contribution in [0.25, 0.3) is 6.08 Å². The van der Waals surface area contributed by atoms with Gasteiger partial charge < -0.3 is 25.2 Å². The third-order valence-electron chi connectivity index (χ3n) is 6.02. The Balaban J connectivity index is 1.52. The number of anilines is 1. The number of amides is 4. The van der Waals surface area contributed by atoms with Gasteiger partial charge in [0.25, 0.3) is 5.91 Å².